The molecule has 2 saturated heterocycles. The van der Waals surface area contributed by atoms with Gasteiger partial charge in [0, 0.05) is 19.6 Å². The molecule has 1 aliphatic carbocycles. The number of benzene rings is 3. The summed E-state index contributed by atoms with van der Waals surface area (Å²) in [5.74, 6) is 1.75. The Labute approximate surface area is 255 Å². The molecule has 0 N–H and O–H groups in total. The fourth-order valence-electron chi connectivity index (χ4n) is 6.42. The van der Waals surface area contributed by atoms with Gasteiger partial charge in [-0.1, -0.05) is 73.7 Å². The Morgan fingerprint density at radius 2 is 1.65 bits per heavy atom. The van der Waals surface area contributed by atoms with Gasteiger partial charge in [0.25, 0.3) is 0 Å². The van der Waals surface area contributed by atoms with Gasteiger partial charge in [0.2, 0.25) is 5.91 Å². The summed E-state index contributed by atoms with van der Waals surface area (Å²) < 4.78 is 16.5. The number of rotatable bonds is 7. The van der Waals surface area contributed by atoms with Gasteiger partial charge in [0.05, 0.1) is 18.6 Å². The normalized spacial score (nSPS) is 23.9. The highest BCUT2D eigenvalue weighted by atomic mass is 16.6. The standard InChI is InChI=1S/C23H26N2O3.C13H18O2/c1-17-13-24(14-18-9-5-3-6-10-18)16-23(17,2)21(26)25-20(15-28-22(25)27)19-11-7-4-8-12-19;1-10-7-8-12(14-2)13(9-10)15-11-5-3-4-6-11/h3-12,17,20H,13-16H2,1-2H3;7-9,11H,3-6H2,1-2H3/t17-,20-,23+;/m0./s1. The van der Waals surface area contributed by atoms with E-state index in [2.05, 4.69) is 36.9 Å². The first kappa shape index (κ1) is 30.6. The SMILES string of the molecule is COc1ccc(C)cc1OC1CCCC1.C[C@H]1CN(Cc2ccccc2)C[C@@]1(C)C(=O)N1C(=O)OC[C@H]1c1ccccc1. The molecule has 0 spiro atoms. The van der Waals surface area contributed by atoms with Crippen molar-refractivity contribution in [3.63, 3.8) is 0 Å². The third kappa shape index (κ3) is 7.04. The number of ether oxygens (including phenoxy) is 3. The van der Waals surface area contributed by atoms with Crippen molar-refractivity contribution < 1.29 is 23.8 Å². The second kappa shape index (κ2) is 13.6. The van der Waals surface area contributed by atoms with Gasteiger partial charge >= 0.3 is 6.09 Å². The summed E-state index contributed by atoms with van der Waals surface area (Å²) in [4.78, 5) is 29.7. The van der Waals surface area contributed by atoms with Crippen LogP contribution in [-0.4, -0.2) is 54.7 Å². The minimum atomic E-state index is -0.620. The number of hydrogen-bond acceptors (Lipinski definition) is 6. The van der Waals surface area contributed by atoms with Gasteiger partial charge in [-0.3, -0.25) is 9.69 Å². The summed E-state index contributed by atoms with van der Waals surface area (Å²) in [5.41, 5.74) is 2.75. The summed E-state index contributed by atoms with van der Waals surface area (Å²) in [6.07, 6.45) is 4.79. The molecule has 3 atom stereocenters. The van der Waals surface area contributed by atoms with E-state index in [-0.39, 0.29) is 24.5 Å². The van der Waals surface area contributed by atoms with Crippen molar-refractivity contribution in [2.45, 2.75) is 65.1 Å². The van der Waals surface area contributed by atoms with E-state index >= 15 is 0 Å². The zero-order chi connectivity index (χ0) is 30.4. The molecule has 3 aliphatic rings. The van der Waals surface area contributed by atoms with E-state index < -0.39 is 11.5 Å². The van der Waals surface area contributed by atoms with E-state index in [1.807, 2.05) is 67.6 Å². The lowest BCUT2D eigenvalue weighted by Crippen LogP contribution is -2.47. The number of carbonyl (C=O) groups excluding carboxylic acids is 2. The predicted octanol–water partition coefficient (Wildman–Crippen LogP) is 7.19. The number of cyclic esters (lactones) is 1. The Morgan fingerprint density at radius 3 is 2.33 bits per heavy atom. The zero-order valence-electron chi connectivity index (χ0n) is 25.8. The number of amides is 2. The molecule has 1 saturated carbocycles. The van der Waals surface area contributed by atoms with E-state index in [4.69, 9.17) is 14.2 Å². The van der Waals surface area contributed by atoms with Crippen molar-refractivity contribution >= 4 is 12.0 Å². The Bertz CT molecular complexity index is 1370. The average molecular weight is 585 g/mol. The van der Waals surface area contributed by atoms with E-state index in [0.717, 1.165) is 30.2 Å². The van der Waals surface area contributed by atoms with Crippen molar-refractivity contribution in [3.05, 3.63) is 95.6 Å². The lowest BCUT2D eigenvalue weighted by atomic mass is 9.79. The molecular weight excluding hydrogens is 540 g/mol. The molecule has 7 heteroatoms. The van der Waals surface area contributed by atoms with E-state index in [9.17, 15) is 9.59 Å². The smallest absolute Gasteiger partial charge is 0.417 e. The average Bonchev–Trinajstić information content (AvgIpc) is 3.74. The van der Waals surface area contributed by atoms with Gasteiger partial charge in [-0.2, -0.15) is 0 Å². The number of carbonyl (C=O) groups is 2. The molecule has 3 aromatic rings. The highest BCUT2D eigenvalue weighted by molar-refractivity contribution is 5.97. The summed E-state index contributed by atoms with van der Waals surface area (Å²) in [6.45, 7) is 8.64. The molecular formula is C36H44N2O5. The van der Waals surface area contributed by atoms with E-state index in [0.29, 0.717) is 12.6 Å². The molecule has 3 fully saturated rings. The second-order valence-corrected chi connectivity index (χ2v) is 12.3. The monoisotopic (exact) mass is 584 g/mol. The summed E-state index contributed by atoms with van der Waals surface area (Å²) in [7, 11) is 1.69. The molecule has 3 aromatic carbocycles. The van der Waals surface area contributed by atoms with Crippen LogP contribution in [0.2, 0.25) is 0 Å². The second-order valence-electron chi connectivity index (χ2n) is 12.3. The molecule has 0 unspecified atom stereocenters. The van der Waals surface area contributed by atoms with Crippen LogP contribution in [0, 0.1) is 18.3 Å². The number of aryl methyl sites for hydroxylation is 1. The third-order valence-corrected chi connectivity index (χ3v) is 9.10. The van der Waals surface area contributed by atoms with Crippen molar-refractivity contribution in [2.24, 2.45) is 11.3 Å². The van der Waals surface area contributed by atoms with Gasteiger partial charge < -0.3 is 14.2 Å². The van der Waals surface area contributed by atoms with Gasteiger partial charge in [-0.05, 0) is 74.3 Å². The van der Waals surface area contributed by atoms with E-state index in [1.165, 1.54) is 41.7 Å². The fraction of sp³-hybridized carbons (Fsp3) is 0.444. The van der Waals surface area contributed by atoms with Crippen LogP contribution < -0.4 is 9.47 Å². The molecule has 43 heavy (non-hydrogen) atoms. The predicted molar refractivity (Wildman–Crippen MR) is 167 cm³/mol. The number of methoxy groups -OCH3 is 1. The first-order chi connectivity index (χ1) is 20.8. The van der Waals surface area contributed by atoms with Gasteiger partial charge in [-0.15, -0.1) is 0 Å². The first-order valence-electron chi connectivity index (χ1n) is 15.4. The Hall–Kier alpha value is -3.84. The Morgan fingerprint density at radius 1 is 0.977 bits per heavy atom. The van der Waals surface area contributed by atoms with Crippen LogP contribution in [0.4, 0.5) is 4.79 Å². The first-order valence-corrected chi connectivity index (χ1v) is 15.4. The lowest BCUT2D eigenvalue weighted by Gasteiger charge is -2.32. The van der Waals surface area contributed by atoms with E-state index in [1.54, 1.807) is 7.11 Å². The topological polar surface area (TPSA) is 68.3 Å². The van der Waals surface area contributed by atoms with Crippen LogP contribution >= 0.6 is 0 Å². The van der Waals surface area contributed by atoms with Gasteiger partial charge in [0.1, 0.15) is 12.6 Å². The van der Waals surface area contributed by atoms with Crippen molar-refractivity contribution in [3.8, 4) is 11.5 Å². The maximum atomic E-state index is 13.6. The molecule has 2 heterocycles. The summed E-state index contributed by atoms with van der Waals surface area (Å²) in [6, 6.07) is 25.6. The molecule has 6 rings (SSSR count). The Balaban J connectivity index is 0.000000207. The highest BCUT2D eigenvalue weighted by Gasteiger charge is 2.52. The highest BCUT2D eigenvalue weighted by Crippen LogP contribution is 2.41. The lowest BCUT2D eigenvalue weighted by molar-refractivity contribution is -0.140. The molecule has 0 radical (unpaired) electrons. The molecule has 7 nitrogen and oxygen atoms in total. The molecule has 2 amide bonds. The molecule has 0 bridgehead atoms. The van der Waals surface area contributed by atoms with Crippen molar-refractivity contribution in [1.82, 2.24) is 9.80 Å². The quantitative estimate of drug-likeness (QED) is 0.293. The van der Waals surface area contributed by atoms with Crippen molar-refractivity contribution in [1.29, 1.82) is 0 Å². The number of nitrogens with zero attached hydrogens (tertiary/aromatic N) is 2. The minimum Gasteiger partial charge on any atom is -0.493 e. The number of hydrogen-bond donors (Lipinski definition) is 0. The van der Waals surface area contributed by atoms with Crippen LogP contribution in [0.1, 0.15) is 62.3 Å². The van der Waals surface area contributed by atoms with Crippen LogP contribution in [0.25, 0.3) is 0 Å². The summed E-state index contributed by atoms with van der Waals surface area (Å²) in [5, 5.41) is 0. The zero-order valence-corrected chi connectivity index (χ0v) is 25.8. The van der Waals surface area contributed by atoms with Crippen LogP contribution in [-0.2, 0) is 16.1 Å². The molecule has 228 valence electrons. The minimum absolute atomic E-state index is 0.132. The maximum absolute atomic E-state index is 13.6. The number of imide groups is 1. The van der Waals surface area contributed by atoms with Gasteiger partial charge in [0.15, 0.2) is 11.5 Å². The maximum Gasteiger partial charge on any atom is 0.417 e. The molecule has 0 aromatic heterocycles. The van der Waals surface area contributed by atoms with Crippen LogP contribution in [0.15, 0.2) is 78.9 Å². The van der Waals surface area contributed by atoms with Crippen molar-refractivity contribution in [2.75, 3.05) is 26.8 Å². The fourth-order valence-corrected chi connectivity index (χ4v) is 6.42. The third-order valence-electron chi connectivity index (χ3n) is 9.10. The van der Waals surface area contributed by atoms with Crippen LogP contribution in [0.5, 0.6) is 11.5 Å². The Kier molecular flexibility index (Phi) is 9.71. The van der Waals surface area contributed by atoms with Crippen LogP contribution in [0.3, 0.4) is 0 Å². The van der Waals surface area contributed by atoms with Gasteiger partial charge in [-0.25, -0.2) is 9.69 Å². The molecule has 2 aliphatic heterocycles. The number of likely N-dealkylation sites (tertiary alicyclic amines) is 1. The summed E-state index contributed by atoms with van der Waals surface area (Å²) >= 11 is 0. The largest absolute Gasteiger partial charge is 0.493 e.